The van der Waals surface area contributed by atoms with E-state index in [9.17, 15) is 18.4 Å². The van der Waals surface area contributed by atoms with Crippen LogP contribution in [-0.2, 0) is 18.2 Å². The minimum atomic E-state index is -0.673. The molecule has 12 heteroatoms. The zero-order valence-electron chi connectivity index (χ0n) is 19.4. The van der Waals surface area contributed by atoms with Gasteiger partial charge in [0.25, 0.3) is 5.91 Å². The van der Waals surface area contributed by atoms with Crippen molar-refractivity contribution < 1.29 is 27.8 Å². The number of benzene rings is 1. The fourth-order valence-electron chi connectivity index (χ4n) is 4.62. The van der Waals surface area contributed by atoms with Gasteiger partial charge in [0, 0.05) is 37.0 Å². The monoisotopic (exact) mass is 517 g/mol. The Morgan fingerprint density at radius 3 is 2.75 bits per heavy atom. The van der Waals surface area contributed by atoms with Crippen molar-refractivity contribution in [3.05, 3.63) is 63.9 Å². The first-order chi connectivity index (χ1) is 17.2. The summed E-state index contributed by atoms with van der Waals surface area (Å²) in [5.74, 6) is -1.62. The summed E-state index contributed by atoms with van der Waals surface area (Å²) >= 11 is 6.47. The van der Waals surface area contributed by atoms with Crippen molar-refractivity contribution in [3.63, 3.8) is 0 Å². The third-order valence-electron chi connectivity index (χ3n) is 6.28. The molecule has 36 heavy (non-hydrogen) atoms. The summed E-state index contributed by atoms with van der Waals surface area (Å²) in [4.78, 5) is 30.4. The number of hydrogen-bond acceptors (Lipinski definition) is 6. The summed E-state index contributed by atoms with van der Waals surface area (Å²) < 4.78 is 40.0. The fourth-order valence-corrected chi connectivity index (χ4v) is 4.86. The normalized spacial score (nSPS) is 19.0. The van der Waals surface area contributed by atoms with Gasteiger partial charge in [-0.15, -0.1) is 0 Å². The van der Waals surface area contributed by atoms with E-state index in [4.69, 9.17) is 21.1 Å². The zero-order valence-corrected chi connectivity index (χ0v) is 20.2. The van der Waals surface area contributed by atoms with Crippen LogP contribution in [0.15, 0.2) is 30.5 Å². The third-order valence-corrected chi connectivity index (χ3v) is 6.65. The summed E-state index contributed by atoms with van der Waals surface area (Å²) in [6, 6.07) is 4.45. The molecule has 0 aliphatic carbocycles. The van der Waals surface area contributed by atoms with E-state index in [1.165, 1.54) is 24.4 Å². The number of carbonyl (C=O) groups excluding carboxylic acids is 2. The molecule has 2 aliphatic rings. The second kappa shape index (κ2) is 9.38. The van der Waals surface area contributed by atoms with Gasteiger partial charge < -0.3 is 19.7 Å². The van der Waals surface area contributed by atoms with Gasteiger partial charge in [0.2, 0.25) is 5.88 Å². The van der Waals surface area contributed by atoms with Crippen LogP contribution in [0.25, 0.3) is 11.3 Å². The number of halogens is 3. The highest BCUT2D eigenvalue weighted by Gasteiger charge is 2.34. The standard InChI is InChI=1S/C24H22ClF2N5O4/c1-12-20-18(21(31(2)30-20)13-7-14(26)9-15(27)8-13)4-6-32(12)23(33)17-3-5-28-22(19(17)25)35-11-16-10-29-24(34)36-16/h3,5,7-9,12,16H,4,6,10-11H2,1-2H3,(H,29,34)/t12-,16?/m0/s1. The maximum Gasteiger partial charge on any atom is 0.407 e. The van der Waals surface area contributed by atoms with E-state index in [0.29, 0.717) is 36.5 Å². The average molecular weight is 518 g/mol. The van der Waals surface area contributed by atoms with Crippen LogP contribution in [0.5, 0.6) is 5.88 Å². The molecule has 9 nitrogen and oxygen atoms in total. The molecule has 2 atom stereocenters. The van der Waals surface area contributed by atoms with Gasteiger partial charge >= 0.3 is 6.09 Å². The Labute approximate surface area is 210 Å². The molecule has 2 aliphatic heterocycles. The molecular weight excluding hydrogens is 496 g/mol. The lowest BCUT2D eigenvalue weighted by Gasteiger charge is -2.33. The summed E-state index contributed by atoms with van der Waals surface area (Å²) in [5, 5.41) is 7.15. The predicted molar refractivity (Wildman–Crippen MR) is 125 cm³/mol. The SMILES string of the molecule is C[C@H]1c2nn(C)c(-c3cc(F)cc(F)c3)c2CCN1C(=O)c1ccnc(OCC2CNC(=O)O2)c1Cl. The number of carbonyl (C=O) groups is 2. The molecule has 2 amide bonds. The number of pyridine rings is 1. The number of rotatable bonds is 5. The van der Waals surface area contributed by atoms with Crippen molar-refractivity contribution in [2.24, 2.45) is 7.05 Å². The second-order valence-electron chi connectivity index (χ2n) is 8.62. The van der Waals surface area contributed by atoms with Crippen LogP contribution in [0.3, 0.4) is 0 Å². The Bertz CT molecular complexity index is 1340. The molecule has 4 heterocycles. The Kier molecular flexibility index (Phi) is 6.25. The van der Waals surface area contributed by atoms with E-state index in [-0.39, 0.29) is 29.0 Å². The molecule has 1 N–H and O–H groups in total. The maximum atomic E-state index is 13.9. The number of fused-ring (bicyclic) bond motifs is 1. The van der Waals surface area contributed by atoms with Gasteiger partial charge in [0.05, 0.1) is 29.5 Å². The van der Waals surface area contributed by atoms with Gasteiger partial charge in [-0.05, 0) is 31.5 Å². The summed E-state index contributed by atoms with van der Waals surface area (Å²) in [5.41, 5.74) is 2.69. The quantitative estimate of drug-likeness (QED) is 0.554. The van der Waals surface area contributed by atoms with Crippen LogP contribution in [0, 0.1) is 11.6 Å². The van der Waals surface area contributed by atoms with Gasteiger partial charge in [-0.2, -0.15) is 5.10 Å². The number of aromatic nitrogens is 3. The molecule has 0 bridgehead atoms. The van der Waals surface area contributed by atoms with Crippen LogP contribution in [-0.4, -0.2) is 57.5 Å². The van der Waals surface area contributed by atoms with Crippen LogP contribution >= 0.6 is 11.6 Å². The average Bonchev–Trinajstić information content (AvgIpc) is 3.40. The highest BCUT2D eigenvalue weighted by molar-refractivity contribution is 6.35. The van der Waals surface area contributed by atoms with Gasteiger partial charge in [0.15, 0.2) is 6.10 Å². The Morgan fingerprint density at radius 1 is 1.31 bits per heavy atom. The lowest BCUT2D eigenvalue weighted by Crippen LogP contribution is -2.39. The van der Waals surface area contributed by atoms with E-state index in [1.807, 2.05) is 6.92 Å². The lowest BCUT2D eigenvalue weighted by molar-refractivity contribution is 0.0673. The Morgan fingerprint density at radius 2 is 2.06 bits per heavy atom. The van der Waals surface area contributed by atoms with Crippen molar-refractivity contribution in [1.82, 2.24) is 25.0 Å². The van der Waals surface area contributed by atoms with Crippen molar-refractivity contribution >= 4 is 23.6 Å². The number of amides is 2. The second-order valence-corrected chi connectivity index (χ2v) is 8.99. The number of nitrogens with zero attached hydrogens (tertiary/aromatic N) is 4. The molecule has 188 valence electrons. The summed E-state index contributed by atoms with van der Waals surface area (Å²) in [7, 11) is 1.70. The lowest BCUT2D eigenvalue weighted by atomic mass is 9.95. The van der Waals surface area contributed by atoms with E-state index in [1.54, 1.807) is 16.6 Å². The van der Waals surface area contributed by atoms with Crippen LogP contribution < -0.4 is 10.1 Å². The third kappa shape index (κ3) is 4.34. The summed E-state index contributed by atoms with van der Waals surface area (Å²) in [6.07, 6.45) is 0.856. The number of nitrogens with one attached hydrogen (secondary N) is 1. The number of hydrogen-bond donors (Lipinski definition) is 1. The van der Waals surface area contributed by atoms with Gasteiger partial charge in [-0.3, -0.25) is 9.48 Å². The minimum Gasteiger partial charge on any atom is -0.473 e. The minimum absolute atomic E-state index is 0.0317. The molecule has 1 fully saturated rings. The predicted octanol–water partition coefficient (Wildman–Crippen LogP) is 3.66. The largest absolute Gasteiger partial charge is 0.473 e. The molecule has 2 aromatic heterocycles. The number of cyclic esters (lactones) is 1. The molecule has 3 aromatic rings. The van der Waals surface area contributed by atoms with Gasteiger partial charge in [0.1, 0.15) is 23.3 Å². The van der Waals surface area contributed by atoms with E-state index < -0.39 is 29.9 Å². The van der Waals surface area contributed by atoms with Crippen LogP contribution in [0.4, 0.5) is 13.6 Å². The van der Waals surface area contributed by atoms with Gasteiger partial charge in [-0.25, -0.2) is 18.6 Å². The topological polar surface area (TPSA) is 98.6 Å². The zero-order chi connectivity index (χ0) is 25.6. The molecule has 0 spiro atoms. The molecule has 0 saturated carbocycles. The molecular formula is C24H22ClF2N5O4. The molecule has 1 unspecified atom stereocenters. The number of ether oxygens (including phenoxy) is 2. The van der Waals surface area contributed by atoms with Gasteiger partial charge in [-0.1, -0.05) is 11.6 Å². The fraction of sp³-hybridized carbons (Fsp3) is 0.333. The van der Waals surface area contributed by atoms with Crippen molar-refractivity contribution in [2.45, 2.75) is 25.5 Å². The highest BCUT2D eigenvalue weighted by Crippen LogP contribution is 2.37. The molecule has 0 radical (unpaired) electrons. The first-order valence-corrected chi connectivity index (χ1v) is 11.7. The smallest absolute Gasteiger partial charge is 0.407 e. The molecule has 1 saturated heterocycles. The molecule has 5 rings (SSSR count). The first-order valence-electron chi connectivity index (χ1n) is 11.3. The highest BCUT2D eigenvalue weighted by atomic mass is 35.5. The van der Waals surface area contributed by atoms with Crippen molar-refractivity contribution in [3.8, 4) is 17.1 Å². The Hall–Kier alpha value is -3.73. The number of alkyl carbamates (subject to hydrolysis) is 1. The van der Waals surface area contributed by atoms with E-state index in [2.05, 4.69) is 15.4 Å². The van der Waals surface area contributed by atoms with Crippen molar-refractivity contribution in [1.29, 1.82) is 0 Å². The van der Waals surface area contributed by atoms with Crippen LogP contribution in [0.2, 0.25) is 5.02 Å². The van der Waals surface area contributed by atoms with E-state index >= 15 is 0 Å². The van der Waals surface area contributed by atoms with E-state index in [0.717, 1.165) is 11.6 Å². The maximum absolute atomic E-state index is 13.9. The first kappa shape index (κ1) is 24.0. The number of aryl methyl sites for hydroxylation is 1. The van der Waals surface area contributed by atoms with Crippen LogP contribution in [0.1, 0.15) is 34.6 Å². The molecule has 1 aromatic carbocycles. The Balaban J connectivity index is 1.38. The van der Waals surface area contributed by atoms with Crippen molar-refractivity contribution in [2.75, 3.05) is 19.7 Å². The summed E-state index contributed by atoms with van der Waals surface area (Å²) in [6.45, 7) is 2.52.